The Morgan fingerprint density at radius 2 is 1.82 bits per heavy atom. The molecule has 0 aliphatic heterocycles. The van der Waals surface area contributed by atoms with Crippen molar-refractivity contribution in [1.29, 1.82) is 0 Å². The van der Waals surface area contributed by atoms with Crippen molar-refractivity contribution < 1.29 is 4.74 Å². The molecule has 5 nitrogen and oxygen atoms in total. The maximum absolute atomic E-state index is 6.02. The van der Waals surface area contributed by atoms with Crippen LogP contribution in [0.25, 0.3) is 0 Å². The van der Waals surface area contributed by atoms with Crippen LogP contribution in [0.3, 0.4) is 0 Å². The van der Waals surface area contributed by atoms with Crippen LogP contribution in [-0.2, 0) is 19.6 Å². The molecule has 3 aromatic rings. The molecule has 0 saturated carbocycles. The monoisotopic (exact) mass is 376 g/mol. The average molecular weight is 377 g/mol. The molecule has 0 fully saturated rings. The van der Waals surface area contributed by atoms with Crippen LogP contribution in [0.15, 0.2) is 60.9 Å². The Bertz CT molecular complexity index is 898. The lowest BCUT2D eigenvalue weighted by molar-refractivity contribution is 0.185. The van der Waals surface area contributed by atoms with E-state index in [-0.39, 0.29) is 6.04 Å². The number of aromatic nitrogens is 2. The largest absolute Gasteiger partial charge is 0.497 e. The molecule has 0 spiro atoms. The van der Waals surface area contributed by atoms with E-state index in [0.717, 1.165) is 35.8 Å². The van der Waals surface area contributed by atoms with Gasteiger partial charge in [-0.3, -0.25) is 14.9 Å². The fourth-order valence-corrected chi connectivity index (χ4v) is 3.31. The van der Waals surface area contributed by atoms with E-state index in [1.54, 1.807) is 7.11 Å². The van der Waals surface area contributed by atoms with Gasteiger partial charge in [0.1, 0.15) is 5.75 Å². The fraction of sp³-hybridized carbons (Fsp3) is 0.304. The second-order valence-corrected chi connectivity index (χ2v) is 6.94. The zero-order valence-electron chi connectivity index (χ0n) is 16.8. The molecule has 1 atom stereocenters. The Morgan fingerprint density at radius 1 is 1.00 bits per heavy atom. The lowest BCUT2D eigenvalue weighted by Gasteiger charge is -2.30. The first-order valence-electron chi connectivity index (χ1n) is 9.53. The summed E-state index contributed by atoms with van der Waals surface area (Å²) in [5, 5.41) is 0. The second-order valence-electron chi connectivity index (χ2n) is 6.94. The summed E-state index contributed by atoms with van der Waals surface area (Å²) in [7, 11) is 1.68. The zero-order chi connectivity index (χ0) is 19.9. The number of nitrogens with zero attached hydrogens (tertiary/aromatic N) is 3. The van der Waals surface area contributed by atoms with Crippen molar-refractivity contribution in [1.82, 2.24) is 14.9 Å². The first-order chi connectivity index (χ1) is 13.6. The fourth-order valence-electron chi connectivity index (χ4n) is 3.31. The van der Waals surface area contributed by atoms with Crippen molar-refractivity contribution in [3.8, 4) is 5.75 Å². The average Bonchev–Trinajstić information content (AvgIpc) is 2.75. The summed E-state index contributed by atoms with van der Waals surface area (Å²) in [4.78, 5) is 11.6. The maximum Gasteiger partial charge on any atom is 0.119 e. The molecule has 0 bridgehead atoms. The number of aryl methyl sites for hydroxylation is 1. The molecule has 3 rings (SSSR count). The van der Waals surface area contributed by atoms with Crippen molar-refractivity contribution in [2.24, 2.45) is 5.73 Å². The summed E-state index contributed by atoms with van der Waals surface area (Å²) in [6.07, 6.45) is 3.69. The van der Waals surface area contributed by atoms with Crippen LogP contribution in [0, 0.1) is 6.92 Å². The quantitative estimate of drug-likeness (QED) is 0.643. The summed E-state index contributed by atoms with van der Waals surface area (Å²) in [5.41, 5.74) is 11.6. The molecule has 0 radical (unpaired) electrons. The van der Waals surface area contributed by atoms with Gasteiger partial charge in [0.05, 0.1) is 18.5 Å². The molecule has 0 aliphatic rings. The van der Waals surface area contributed by atoms with Crippen molar-refractivity contribution in [2.75, 3.05) is 7.11 Å². The molecule has 146 valence electrons. The van der Waals surface area contributed by atoms with E-state index in [0.29, 0.717) is 6.54 Å². The van der Waals surface area contributed by atoms with E-state index in [9.17, 15) is 0 Å². The minimum absolute atomic E-state index is 0.135. The molecule has 28 heavy (non-hydrogen) atoms. The molecule has 2 aromatic heterocycles. The van der Waals surface area contributed by atoms with Crippen molar-refractivity contribution in [2.45, 2.75) is 39.5 Å². The lowest BCUT2D eigenvalue weighted by Crippen LogP contribution is -2.28. The SMILES string of the molecule is COc1ccc(CN(Cc2ncccc2C)C(C)c2ccccn2)c(CN)c1. The predicted octanol–water partition coefficient (Wildman–Crippen LogP) is 4.02. The highest BCUT2D eigenvalue weighted by Gasteiger charge is 2.20. The summed E-state index contributed by atoms with van der Waals surface area (Å²) in [6.45, 7) is 6.25. The molecule has 1 aromatic carbocycles. The number of ether oxygens (including phenoxy) is 1. The predicted molar refractivity (Wildman–Crippen MR) is 112 cm³/mol. The third-order valence-electron chi connectivity index (χ3n) is 5.14. The molecule has 0 amide bonds. The summed E-state index contributed by atoms with van der Waals surface area (Å²) >= 11 is 0. The van der Waals surface area contributed by atoms with E-state index in [1.807, 2.05) is 42.7 Å². The summed E-state index contributed by atoms with van der Waals surface area (Å²) in [5.74, 6) is 0.828. The minimum Gasteiger partial charge on any atom is -0.497 e. The molecule has 2 heterocycles. The van der Waals surface area contributed by atoms with E-state index in [2.05, 4.69) is 46.9 Å². The van der Waals surface area contributed by atoms with Crippen LogP contribution in [0.1, 0.15) is 41.0 Å². The Morgan fingerprint density at radius 3 is 2.50 bits per heavy atom. The molecule has 5 heteroatoms. The molecule has 1 unspecified atom stereocenters. The summed E-state index contributed by atoms with van der Waals surface area (Å²) in [6, 6.07) is 16.4. The van der Waals surface area contributed by atoms with Gasteiger partial charge in [-0.25, -0.2) is 0 Å². The number of nitrogens with two attached hydrogens (primary N) is 1. The van der Waals surface area contributed by atoms with Crippen LogP contribution in [-0.4, -0.2) is 22.0 Å². The normalized spacial score (nSPS) is 12.2. The molecular weight excluding hydrogens is 348 g/mol. The topological polar surface area (TPSA) is 64.3 Å². The first-order valence-corrected chi connectivity index (χ1v) is 9.53. The number of benzene rings is 1. The first kappa shape index (κ1) is 20.0. The van der Waals surface area contributed by atoms with Gasteiger partial charge < -0.3 is 10.5 Å². The van der Waals surface area contributed by atoms with Gasteiger partial charge in [-0.05, 0) is 60.9 Å². The number of methoxy groups -OCH3 is 1. The van der Waals surface area contributed by atoms with Crippen LogP contribution in [0.2, 0.25) is 0 Å². The Hall–Kier alpha value is -2.76. The van der Waals surface area contributed by atoms with Gasteiger partial charge in [0.25, 0.3) is 0 Å². The van der Waals surface area contributed by atoms with Crippen LogP contribution in [0.5, 0.6) is 5.75 Å². The number of rotatable bonds is 8. The Balaban J connectivity index is 1.93. The van der Waals surface area contributed by atoms with Gasteiger partial charge >= 0.3 is 0 Å². The van der Waals surface area contributed by atoms with Crippen LogP contribution < -0.4 is 10.5 Å². The third kappa shape index (κ3) is 4.74. The van der Waals surface area contributed by atoms with Gasteiger partial charge in [-0.15, -0.1) is 0 Å². The maximum atomic E-state index is 6.02. The standard InChI is InChI=1S/C23H28N4O/c1-17-7-6-12-26-23(17)16-27(18(2)22-8-4-5-11-25-22)15-19-9-10-21(28-3)13-20(19)14-24/h4-13,18H,14-16,24H2,1-3H3. The zero-order valence-corrected chi connectivity index (χ0v) is 16.8. The van der Waals surface area contributed by atoms with Crippen molar-refractivity contribution >= 4 is 0 Å². The van der Waals surface area contributed by atoms with E-state index < -0.39 is 0 Å². The van der Waals surface area contributed by atoms with Crippen molar-refractivity contribution in [3.63, 3.8) is 0 Å². The van der Waals surface area contributed by atoms with Crippen LogP contribution >= 0.6 is 0 Å². The number of hydrogen-bond donors (Lipinski definition) is 1. The van der Waals surface area contributed by atoms with Gasteiger partial charge in [-0.1, -0.05) is 18.2 Å². The highest BCUT2D eigenvalue weighted by atomic mass is 16.5. The highest BCUT2D eigenvalue weighted by Crippen LogP contribution is 2.26. The smallest absolute Gasteiger partial charge is 0.119 e. The van der Waals surface area contributed by atoms with Gasteiger partial charge in [0.2, 0.25) is 0 Å². The van der Waals surface area contributed by atoms with Gasteiger partial charge in [0, 0.05) is 38.1 Å². The van der Waals surface area contributed by atoms with Crippen molar-refractivity contribution in [3.05, 3.63) is 89.0 Å². The van der Waals surface area contributed by atoms with E-state index >= 15 is 0 Å². The third-order valence-corrected chi connectivity index (χ3v) is 5.14. The van der Waals surface area contributed by atoms with E-state index in [4.69, 9.17) is 10.5 Å². The van der Waals surface area contributed by atoms with Gasteiger partial charge in [-0.2, -0.15) is 0 Å². The molecular formula is C23H28N4O. The van der Waals surface area contributed by atoms with E-state index in [1.165, 1.54) is 11.1 Å². The highest BCUT2D eigenvalue weighted by molar-refractivity contribution is 5.36. The molecule has 0 aliphatic carbocycles. The second kappa shape index (κ2) is 9.44. The van der Waals surface area contributed by atoms with Gasteiger partial charge in [0.15, 0.2) is 0 Å². The lowest BCUT2D eigenvalue weighted by atomic mass is 10.0. The molecule has 0 saturated heterocycles. The Kier molecular flexibility index (Phi) is 6.74. The molecule has 2 N–H and O–H groups in total. The van der Waals surface area contributed by atoms with Crippen LogP contribution in [0.4, 0.5) is 0 Å². The minimum atomic E-state index is 0.135. The number of pyridine rings is 2. The Labute approximate surface area is 167 Å². The number of hydrogen-bond acceptors (Lipinski definition) is 5. The summed E-state index contributed by atoms with van der Waals surface area (Å²) < 4.78 is 5.36.